The molecular weight excluding hydrogens is 300 g/mol. The van der Waals surface area contributed by atoms with Gasteiger partial charge in [-0.15, -0.1) is 0 Å². The van der Waals surface area contributed by atoms with Crippen molar-refractivity contribution in [1.82, 2.24) is 0 Å². The van der Waals surface area contributed by atoms with Gasteiger partial charge in [0.25, 0.3) is 0 Å². The van der Waals surface area contributed by atoms with E-state index < -0.39 is 17.9 Å². The average Bonchev–Trinajstić information content (AvgIpc) is 2.80. The van der Waals surface area contributed by atoms with Gasteiger partial charge in [0, 0.05) is 0 Å². The minimum absolute atomic E-state index is 0.131. The summed E-state index contributed by atoms with van der Waals surface area (Å²) in [6.45, 7) is 7.51. The van der Waals surface area contributed by atoms with Crippen molar-refractivity contribution in [3.05, 3.63) is 10.6 Å². The molecule has 1 fully saturated rings. The van der Waals surface area contributed by atoms with Crippen LogP contribution in [0.15, 0.2) is 10.6 Å². The van der Waals surface area contributed by atoms with Gasteiger partial charge in [0.1, 0.15) is 0 Å². The van der Waals surface area contributed by atoms with E-state index in [1.807, 2.05) is 27.7 Å². The fraction of sp³-hybridized carbons (Fsp3) is 0.692. The number of carboxylic acids is 1. The van der Waals surface area contributed by atoms with Crippen LogP contribution in [-0.4, -0.2) is 23.1 Å². The van der Waals surface area contributed by atoms with E-state index >= 15 is 0 Å². The summed E-state index contributed by atoms with van der Waals surface area (Å²) in [4.78, 5) is 22.7. The summed E-state index contributed by atoms with van der Waals surface area (Å²) in [7, 11) is 0. The number of ether oxygens (including phenoxy) is 1. The quantitative estimate of drug-likeness (QED) is 0.625. The van der Waals surface area contributed by atoms with E-state index in [1.165, 1.54) is 0 Å². The molecule has 0 aromatic carbocycles. The van der Waals surface area contributed by atoms with E-state index in [2.05, 4.69) is 15.9 Å². The highest BCUT2D eigenvalue weighted by atomic mass is 79.9. The summed E-state index contributed by atoms with van der Waals surface area (Å²) in [6, 6.07) is 0. The fourth-order valence-electron chi connectivity index (χ4n) is 2.01. The molecule has 1 N–H and O–H groups in total. The Morgan fingerprint density at radius 3 is 2.44 bits per heavy atom. The maximum atomic E-state index is 11.7. The average molecular weight is 319 g/mol. The van der Waals surface area contributed by atoms with Crippen molar-refractivity contribution in [1.29, 1.82) is 0 Å². The van der Waals surface area contributed by atoms with Gasteiger partial charge < -0.3 is 9.84 Å². The third-order valence-corrected chi connectivity index (χ3v) is 4.17. The Bertz CT molecular complexity index is 386. The fourth-order valence-corrected chi connectivity index (χ4v) is 2.39. The second kappa shape index (κ2) is 5.43. The maximum Gasteiger partial charge on any atom is 0.345 e. The summed E-state index contributed by atoms with van der Waals surface area (Å²) in [5, 5.41) is 9.03. The normalized spacial score (nSPS) is 27.5. The molecule has 0 saturated heterocycles. The van der Waals surface area contributed by atoms with Crippen LogP contribution in [0, 0.1) is 17.3 Å². The van der Waals surface area contributed by atoms with E-state index in [-0.39, 0.29) is 17.4 Å². The van der Waals surface area contributed by atoms with Crippen LogP contribution in [0.3, 0.4) is 0 Å². The van der Waals surface area contributed by atoms with Crippen LogP contribution in [0.1, 0.15) is 34.1 Å². The van der Waals surface area contributed by atoms with Gasteiger partial charge in [-0.3, -0.25) is 4.79 Å². The molecule has 0 aromatic heterocycles. The molecule has 0 radical (unpaired) electrons. The molecule has 4 nitrogen and oxygen atoms in total. The summed E-state index contributed by atoms with van der Waals surface area (Å²) in [5.41, 5.74) is -0.304. The van der Waals surface area contributed by atoms with Crippen molar-refractivity contribution in [3.8, 4) is 0 Å². The Hall–Kier alpha value is -0.840. The molecule has 5 heteroatoms. The van der Waals surface area contributed by atoms with Crippen LogP contribution in [0.2, 0.25) is 0 Å². The number of hydrogen-bond donors (Lipinski definition) is 1. The second-order valence-corrected chi connectivity index (χ2v) is 6.16. The first kappa shape index (κ1) is 15.2. The zero-order chi connectivity index (χ0) is 14.1. The standard InChI is InChI=1S/C13H19BrO4/c1-5-7(2)18-12(17)9(14)6-8-10(11(15)16)13(8,3)4/h6-8,10H,5H2,1-4H3,(H,15,16)/b9-6-. The van der Waals surface area contributed by atoms with Crippen molar-refractivity contribution < 1.29 is 19.4 Å². The molecule has 1 rings (SSSR count). The Morgan fingerprint density at radius 1 is 1.50 bits per heavy atom. The molecule has 3 atom stereocenters. The number of carbonyl (C=O) groups excluding carboxylic acids is 1. The van der Waals surface area contributed by atoms with Crippen LogP contribution in [0.25, 0.3) is 0 Å². The van der Waals surface area contributed by atoms with Crippen molar-refractivity contribution in [2.45, 2.75) is 40.2 Å². The molecule has 0 aromatic rings. The number of rotatable bonds is 5. The van der Waals surface area contributed by atoms with E-state index in [4.69, 9.17) is 9.84 Å². The zero-order valence-corrected chi connectivity index (χ0v) is 12.7. The van der Waals surface area contributed by atoms with Gasteiger partial charge in [-0.2, -0.15) is 0 Å². The Balaban J connectivity index is 2.68. The van der Waals surface area contributed by atoms with E-state index in [0.717, 1.165) is 6.42 Å². The number of allylic oxidation sites excluding steroid dienone is 1. The van der Waals surface area contributed by atoms with Gasteiger partial charge in [0.2, 0.25) is 0 Å². The number of hydrogen-bond acceptors (Lipinski definition) is 3. The Morgan fingerprint density at radius 2 is 2.06 bits per heavy atom. The highest BCUT2D eigenvalue weighted by molar-refractivity contribution is 9.12. The smallest absolute Gasteiger partial charge is 0.345 e. The third-order valence-electron chi connectivity index (χ3n) is 3.58. The van der Waals surface area contributed by atoms with Gasteiger partial charge in [-0.25, -0.2) is 4.79 Å². The van der Waals surface area contributed by atoms with Crippen LogP contribution in [0.5, 0.6) is 0 Å². The van der Waals surface area contributed by atoms with Crippen molar-refractivity contribution in [3.63, 3.8) is 0 Å². The molecule has 18 heavy (non-hydrogen) atoms. The number of esters is 1. The first-order valence-electron chi connectivity index (χ1n) is 6.02. The van der Waals surface area contributed by atoms with E-state index in [0.29, 0.717) is 4.48 Å². The van der Waals surface area contributed by atoms with Crippen molar-refractivity contribution >= 4 is 27.9 Å². The minimum Gasteiger partial charge on any atom is -0.481 e. The third kappa shape index (κ3) is 3.13. The molecule has 1 saturated carbocycles. The lowest BCUT2D eigenvalue weighted by molar-refractivity contribution is -0.143. The van der Waals surface area contributed by atoms with Gasteiger partial charge >= 0.3 is 11.9 Å². The highest BCUT2D eigenvalue weighted by Crippen LogP contribution is 2.59. The SMILES string of the molecule is CCC(C)OC(=O)/C(Br)=C/C1C(C(=O)O)C1(C)C. The van der Waals surface area contributed by atoms with Crippen molar-refractivity contribution in [2.24, 2.45) is 17.3 Å². The molecule has 3 unspecified atom stereocenters. The minimum atomic E-state index is -0.822. The topological polar surface area (TPSA) is 63.6 Å². The Labute approximate surface area is 116 Å². The number of carbonyl (C=O) groups is 2. The summed E-state index contributed by atoms with van der Waals surface area (Å²) < 4.78 is 5.46. The number of aliphatic carboxylic acids is 1. The van der Waals surface area contributed by atoms with Crippen LogP contribution < -0.4 is 0 Å². The predicted molar refractivity (Wildman–Crippen MR) is 71.3 cm³/mol. The number of carboxylic acid groups (broad SMARTS) is 1. The first-order valence-corrected chi connectivity index (χ1v) is 6.82. The van der Waals surface area contributed by atoms with Gasteiger partial charge in [-0.05, 0) is 40.6 Å². The molecule has 102 valence electrons. The predicted octanol–water partition coefficient (Wildman–Crippen LogP) is 2.96. The second-order valence-electron chi connectivity index (χ2n) is 5.30. The van der Waals surface area contributed by atoms with Gasteiger partial charge in [0.15, 0.2) is 0 Å². The lowest BCUT2D eigenvalue weighted by atomic mass is 10.1. The van der Waals surface area contributed by atoms with Crippen molar-refractivity contribution in [2.75, 3.05) is 0 Å². The monoisotopic (exact) mass is 318 g/mol. The highest BCUT2D eigenvalue weighted by Gasteiger charge is 2.61. The first-order chi connectivity index (χ1) is 8.21. The molecule has 0 aliphatic heterocycles. The molecule has 0 spiro atoms. The molecular formula is C13H19BrO4. The van der Waals surface area contributed by atoms with Gasteiger partial charge in [-0.1, -0.05) is 26.8 Å². The molecule has 1 aliphatic carbocycles. The Kier molecular flexibility index (Phi) is 4.59. The summed E-state index contributed by atoms with van der Waals surface area (Å²) in [5.74, 6) is -1.82. The largest absolute Gasteiger partial charge is 0.481 e. The molecule has 0 bridgehead atoms. The van der Waals surface area contributed by atoms with E-state index in [9.17, 15) is 9.59 Å². The maximum absolute atomic E-state index is 11.7. The zero-order valence-electron chi connectivity index (χ0n) is 11.1. The summed E-state index contributed by atoms with van der Waals surface area (Å²) >= 11 is 3.16. The van der Waals surface area contributed by atoms with Crippen LogP contribution in [-0.2, 0) is 14.3 Å². The molecule has 0 heterocycles. The van der Waals surface area contributed by atoms with Crippen LogP contribution in [0.4, 0.5) is 0 Å². The number of halogens is 1. The lowest BCUT2D eigenvalue weighted by Crippen LogP contribution is -2.13. The van der Waals surface area contributed by atoms with E-state index in [1.54, 1.807) is 6.08 Å². The molecule has 0 amide bonds. The van der Waals surface area contributed by atoms with Crippen LogP contribution >= 0.6 is 15.9 Å². The lowest BCUT2D eigenvalue weighted by Gasteiger charge is -2.10. The van der Waals surface area contributed by atoms with Gasteiger partial charge in [0.05, 0.1) is 16.5 Å². The summed E-state index contributed by atoms with van der Waals surface area (Å²) in [6.07, 6.45) is 2.27. The molecule has 1 aliphatic rings.